The summed E-state index contributed by atoms with van der Waals surface area (Å²) in [6.45, 7) is 1.12. The molecule has 1 N–H and O–H groups in total. The number of hydrogen-bond acceptors (Lipinski definition) is 5. The molecule has 0 saturated carbocycles. The van der Waals surface area contributed by atoms with Crippen molar-refractivity contribution in [3.8, 4) is 0 Å². The molecule has 102 valence electrons. The van der Waals surface area contributed by atoms with Gasteiger partial charge < -0.3 is 9.47 Å². The van der Waals surface area contributed by atoms with Crippen molar-refractivity contribution in [1.82, 2.24) is 10.4 Å². The highest BCUT2D eigenvalue weighted by molar-refractivity contribution is 5.67. The molecule has 1 unspecified atom stereocenters. The lowest BCUT2D eigenvalue weighted by molar-refractivity contribution is -0.140. The summed E-state index contributed by atoms with van der Waals surface area (Å²) in [4.78, 5) is 22.1. The number of ether oxygens (including phenoxy) is 2. The second-order valence-corrected chi connectivity index (χ2v) is 4.18. The van der Waals surface area contributed by atoms with Crippen molar-refractivity contribution < 1.29 is 19.1 Å². The summed E-state index contributed by atoms with van der Waals surface area (Å²) in [7, 11) is 0. The van der Waals surface area contributed by atoms with Gasteiger partial charge in [-0.2, -0.15) is 5.43 Å². The van der Waals surface area contributed by atoms with Gasteiger partial charge in [0.25, 0.3) is 6.47 Å². The van der Waals surface area contributed by atoms with Crippen molar-refractivity contribution in [2.45, 2.75) is 25.7 Å². The largest absolute Gasteiger partial charge is 0.447 e. The molecule has 0 radical (unpaired) electrons. The first kappa shape index (κ1) is 13.4. The molecule has 1 atom stereocenters. The summed E-state index contributed by atoms with van der Waals surface area (Å²) < 4.78 is 9.96. The molecule has 19 heavy (non-hydrogen) atoms. The van der Waals surface area contributed by atoms with Crippen LogP contribution in [-0.2, 0) is 20.9 Å². The van der Waals surface area contributed by atoms with E-state index in [4.69, 9.17) is 9.47 Å². The van der Waals surface area contributed by atoms with E-state index in [9.17, 15) is 9.59 Å². The minimum absolute atomic E-state index is 0.219. The maximum absolute atomic E-state index is 11.8. The Labute approximate surface area is 111 Å². The third kappa shape index (κ3) is 3.96. The molecule has 0 aromatic heterocycles. The van der Waals surface area contributed by atoms with Crippen molar-refractivity contribution in [2.75, 3.05) is 6.54 Å². The summed E-state index contributed by atoms with van der Waals surface area (Å²) in [6, 6.07) is 9.44. The van der Waals surface area contributed by atoms with Crippen LogP contribution in [0.1, 0.15) is 18.4 Å². The number of rotatable bonds is 4. The monoisotopic (exact) mass is 264 g/mol. The predicted molar refractivity (Wildman–Crippen MR) is 66.6 cm³/mol. The fraction of sp³-hybridized carbons (Fsp3) is 0.385. The van der Waals surface area contributed by atoms with E-state index in [1.54, 1.807) is 0 Å². The number of benzene rings is 1. The first-order valence-electron chi connectivity index (χ1n) is 6.13. The average Bonchev–Trinajstić information content (AvgIpc) is 2.46. The van der Waals surface area contributed by atoms with Crippen LogP contribution >= 0.6 is 0 Å². The van der Waals surface area contributed by atoms with Crippen LogP contribution in [0.3, 0.4) is 0 Å². The summed E-state index contributed by atoms with van der Waals surface area (Å²) in [6.07, 6.45) is 0.506. The summed E-state index contributed by atoms with van der Waals surface area (Å²) in [5.41, 5.74) is 3.72. The van der Waals surface area contributed by atoms with E-state index in [-0.39, 0.29) is 6.61 Å². The molecule has 0 spiro atoms. The van der Waals surface area contributed by atoms with Gasteiger partial charge in [0.1, 0.15) is 6.61 Å². The average molecular weight is 264 g/mol. The Morgan fingerprint density at radius 3 is 2.95 bits per heavy atom. The molecule has 0 bridgehead atoms. The van der Waals surface area contributed by atoms with E-state index in [1.165, 1.54) is 5.01 Å². The van der Waals surface area contributed by atoms with Gasteiger partial charge in [-0.1, -0.05) is 30.3 Å². The van der Waals surface area contributed by atoms with Gasteiger partial charge in [0.2, 0.25) is 0 Å². The van der Waals surface area contributed by atoms with Gasteiger partial charge in [-0.15, -0.1) is 0 Å². The molecule has 1 fully saturated rings. The molecule has 1 saturated heterocycles. The van der Waals surface area contributed by atoms with Crippen LogP contribution in [0.2, 0.25) is 0 Å². The second kappa shape index (κ2) is 6.75. The van der Waals surface area contributed by atoms with Crippen LogP contribution in [0.25, 0.3) is 0 Å². The zero-order valence-corrected chi connectivity index (χ0v) is 10.5. The molecule has 2 rings (SSSR count). The molecule has 1 heterocycles. The van der Waals surface area contributed by atoms with Crippen molar-refractivity contribution >= 4 is 12.6 Å². The Morgan fingerprint density at radius 2 is 2.21 bits per heavy atom. The Balaban J connectivity index is 1.81. The highest BCUT2D eigenvalue weighted by atomic mass is 16.6. The predicted octanol–water partition coefficient (Wildman–Crippen LogP) is 1.42. The smallest absolute Gasteiger partial charge is 0.424 e. The maximum atomic E-state index is 11.8. The lowest BCUT2D eigenvalue weighted by Crippen LogP contribution is -2.53. The molecule has 6 nitrogen and oxygen atoms in total. The Hall–Kier alpha value is -2.08. The van der Waals surface area contributed by atoms with E-state index in [2.05, 4.69) is 5.43 Å². The zero-order valence-electron chi connectivity index (χ0n) is 10.5. The van der Waals surface area contributed by atoms with E-state index in [1.807, 2.05) is 30.3 Å². The Morgan fingerprint density at radius 1 is 1.42 bits per heavy atom. The van der Waals surface area contributed by atoms with Crippen LogP contribution in [0.4, 0.5) is 4.79 Å². The van der Waals surface area contributed by atoms with Gasteiger partial charge in [0.15, 0.2) is 6.23 Å². The highest BCUT2D eigenvalue weighted by Gasteiger charge is 2.24. The van der Waals surface area contributed by atoms with E-state index in [0.29, 0.717) is 19.4 Å². The number of carbonyl (C=O) groups excluding carboxylic acids is 2. The SMILES string of the molecule is O=COC1CCCN(C(=O)OCc2ccccc2)N1. The van der Waals surface area contributed by atoms with Gasteiger partial charge in [-0.25, -0.2) is 9.80 Å². The quantitative estimate of drug-likeness (QED) is 0.833. The second-order valence-electron chi connectivity index (χ2n) is 4.18. The van der Waals surface area contributed by atoms with Gasteiger partial charge in [-0.3, -0.25) is 4.79 Å². The standard InChI is InChI=1S/C13H16N2O4/c16-10-19-12-7-4-8-15(14-12)13(17)18-9-11-5-2-1-3-6-11/h1-3,5-6,10,12,14H,4,7-9H2. The number of hydrazine groups is 1. The topological polar surface area (TPSA) is 67.9 Å². The normalized spacial score (nSPS) is 18.7. The molecular formula is C13H16N2O4. The maximum Gasteiger partial charge on any atom is 0.424 e. The first-order valence-corrected chi connectivity index (χ1v) is 6.13. The third-order valence-corrected chi connectivity index (χ3v) is 2.79. The van der Waals surface area contributed by atoms with Crippen molar-refractivity contribution in [2.24, 2.45) is 0 Å². The summed E-state index contributed by atoms with van der Waals surface area (Å²) in [5, 5.41) is 1.33. The van der Waals surface area contributed by atoms with Crippen molar-refractivity contribution in [1.29, 1.82) is 0 Å². The van der Waals surface area contributed by atoms with E-state index in [0.717, 1.165) is 12.0 Å². The number of hydrogen-bond donors (Lipinski definition) is 1. The lowest BCUT2D eigenvalue weighted by atomic mass is 10.2. The highest BCUT2D eigenvalue weighted by Crippen LogP contribution is 2.10. The van der Waals surface area contributed by atoms with Crippen LogP contribution in [0, 0.1) is 0 Å². The van der Waals surface area contributed by atoms with Gasteiger partial charge in [0.05, 0.1) is 0 Å². The van der Waals surface area contributed by atoms with Gasteiger partial charge in [-0.05, 0) is 12.0 Å². The number of nitrogens with zero attached hydrogens (tertiary/aromatic N) is 1. The molecule has 1 aromatic rings. The zero-order chi connectivity index (χ0) is 13.5. The van der Waals surface area contributed by atoms with Gasteiger partial charge >= 0.3 is 6.09 Å². The van der Waals surface area contributed by atoms with Crippen LogP contribution in [0.5, 0.6) is 0 Å². The first-order chi connectivity index (χ1) is 9.29. The minimum Gasteiger partial charge on any atom is -0.447 e. The van der Waals surface area contributed by atoms with E-state index < -0.39 is 12.3 Å². The van der Waals surface area contributed by atoms with E-state index >= 15 is 0 Å². The van der Waals surface area contributed by atoms with Gasteiger partial charge in [0, 0.05) is 13.0 Å². The fourth-order valence-corrected chi connectivity index (χ4v) is 1.84. The van der Waals surface area contributed by atoms with Crippen LogP contribution in [0.15, 0.2) is 30.3 Å². The number of nitrogens with one attached hydrogen (secondary N) is 1. The number of carbonyl (C=O) groups is 2. The lowest BCUT2D eigenvalue weighted by Gasteiger charge is -2.31. The van der Waals surface area contributed by atoms with Crippen LogP contribution < -0.4 is 5.43 Å². The molecule has 1 aliphatic heterocycles. The minimum atomic E-state index is -0.469. The fourth-order valence-electron chi connectivity index (χ4n) is 1.84. The Kier molecular flexibility index (Phi) is 4.74. The molecule has 1 amide bonds. The molecule has 0 aliphatic carbocycles. The van der Waals surface area contributed by atoms with Crippen molar-refractivity contribution in [3.05, 3.63) is 35.9 Å². The van der Waals surface area contributed by atoms with Crippen LogP contribution in [-0.4, -0.2) is 30.3 Å². The summed E-state index contributed by atoms with van der Waals surface area (Å²) in [5.74, 6) is 0. The molecule has 6 heteroatoms. The third-order valence-electron chi connectivity index (χ3n) is 2.79. The molecule has 1 aliphatic rings. The number of amides is 1. The summed E-state index contributed by atoms with van der Waals surface area (Å²) >= 11 is 0. The molecular weight excluding hydrogens is 248 g/mol. The van der Waals surface area contributed by atoms with Crippen molar-refractivity contribution in [3.63, 3.8) is 0 Å². The molecule has 1 aromatic carbocycles. The Bertz CT molecular complexity index is 424.